The Morgan fingerprint density at radius 1 is 1.57 bits per heavy atom. The molecule has 5 heteroatoms. The fourth-order valence-corrected chi connectivity index (χ4v) is 2.91. The molecule has 0 fully saturated rings. The van der Waals surface area contributed by atoms with E-state index in [1.807, 2.05) is 0 Å². The topological polar surface area (TPSA) is 34.1 Å². The summed E-state index contributed by atoms with van der Waals surface area (Å²) in [5.41, 5.74) is 1.05. The van der Waals surface area contributed by atoms with E-state index < -0.39 is 9.05 Å². The Morgan fingerprint density at radius 3 is 2.64 bits per heavy atom. The van der Waals surface area contributed by atoms with E-state index >= 15 is 0 Å². The average Bonchev–Trinajstić information content (AvgIpc) is 2.02. The molecule has 0 N–H and O–H groups in total. The van der Waals surface area contributed by atoms with Crippen LogP contribution in [0.1, 0.15) is 12.8 Å². The molecule has 0 aromatic carbocycles. The van der Waals surface area contributed by atoms with Gasteiger partial charge in [0, 0.05) is 22.0 Å². The van der Waals surface area contributed by atoms with E-state index in [2.05, 4.69) is 6.58 Å². The van der Waals surface area contributed by atoms with Crippen molar-refractivity contribution >= 4 is 36.8 Å². The molecule has 0 saturated heterocycles. The molecule has 0 bridgehead atoms. The van der Waals surface area contributed by atoms with Gasteiger partial charge in [-0.15, -0.1) is 6.58 Å². The van der Waals surface area contributed by atoms with Gasteiger partial charge in [-0.2, -0.15) is 0 Å². The van der Waals surface area contributed by atoms with Crippen molar-refractivity contribution < 1.29 is 8.42 Å². The van der Waals surface area contributed by atoms with E-state index in [1.54, 1.807) is 12.2 Å². The summed E-state index contributed by atoms with van der Waals surface area (Å²) in [7, 11) is 1.51. The Balaban J connectivity index is 3.03. The lowest BCUT2D eigenvalue weighted by molar-refractivity contribution is 0.616. The Bertz CT molecular complexity index is 430. The van der Waals surface area contributed by atoms with Crippen molar-refractivity contribution in [2.75, 3.05) is 0 Å². The molecule has 0 aromatic rings. The highest BCUT2D eigenvalue weighted by molar-refractivity contribution is 8.18. The number of hydrogen-bond donors (Lipinski definition) is 0. The minimum Gasteiger partial charge on any atom is -0.207 e. The van der Waals surface area contributed by atoms with Crippen molar-refractivity contribution in [2.45, 2.75) is 12.8 Å². The summed E-state index contributed by atoms with van der Waals surface area (Å²) in [6.07, 6.45) is 6.12. The van der Waals surface area contributed by atoms with Gasteiger partial charge in [0.15, 0.2) is 0 Å². The molecule has 0 atom stereocenters. The third-order valence-corrected chi connectivity index (χ3v) is 3.70. The first kappa shape index (κ1) is 11.6. The Labute approximate surface area is 93.4 Å². The third kappa shape index (κ3) is 2.77. The van der Waals surface area contributed by atoms with Gasteiger partial charge < -0.3 is 0 Å². The summed E-state index contributed by atoms with van der Waals surface area (Å²) in [6.45, 7) is 3.60. The molecule has 76 valence electrons. The van der Waals surface area contributed by atoms with Crippen molar-refractivity contribution in [3.8, 4) is 0 Å². The minimum atomic E-state index is -3.69. The highest BCUT2D eigenvalue weighted by Crippen LogP contribution is 2.24. The van der Waals surface area contributed by atoms with E-state index in [9.17, 15) is 8.42 Å². The number of allylic oxidation sites excluding steroid dienone is 5. The Kier molecular flexibility index (Phi) is 3.64. The number of hydrogen-bond acceptors (Lipinski definition) is 3. The minimum absolute atomic E-state index is 0.0435. The molecule has 0 spiro atoms. The molecule has 1 aliphatic carbocycles. The van der Waals surface area contributed by atoms with Gasteiger partial charge in [-0.3, -0.25) is 0 Å². The van der Waals surface area contributed by atoms with Crippen molar-refractivity contribution in [3.05, 3.63) is 35.3 Å². The van der Waals surface area contributed by atoms with E-state index in [0.29, 0.717) is 17.7 Å². The van der Waals surface area contributed by atoms with Crippen LogP contribution < -0.4 is 0 Å². The van der Waals surface area contributed by atoms with Crippen LogP contribution in [-0.2, 0) is 9.05 Å². The van der Waals surface area contributed by atoms with E-state index in [-0.39, 0.29) is 4.91 Å². The Morgan fingerprint density at radius 2 is 2.21 bits per heavy atom. The maximum Gasteiger partial charge on any atom is 0.262 e. The molecule has 0 radical (unpaired) electrons. The van der Waals surface area contributed by atoms with Gasteiger partial charge >= 0.3 is 0 Å². The second-order valence-corrected chi connectivity index (χ2v) is 5.91. The number of rotatable bonds is 3. The quantitative estimate of drug-likeness (QED) is 0.438. The number of thiocarbonyl (C=S) groups is 1. The van der Waals surface area contributed by atoms with Crippen molar-refractivity contribution in [1.29, 1.82) is 0 Å². The van der Waals surface area contributed by atoms with Crippen LogP contribution in [-0.4, -0.2) is 13.3 Å². The van der Waals surface area contributed by atoms with Gasteiger partial charge in [-0.05, 0) is 12.5 Å². The first-order chi connectivity index (χ1) is 6.45. The largest absolute Gasteiger partial charge is 0.262 e. The summed E-state index contributed by atoms with van der Waals surface area (Å²) in [6, 6.07) is 0. The zero-order valence-electron chi connectivity index (χ0n) is 7.36. The normalized spacial score (nSPS) is 17.4. The first-order valence-corrected chi connectivity index (χ1v) is 6.65. The molecular formula is C9H9ClO2S2. The summed E-state index contributed by atoms with van der Waals surface area (Å²) in [5.74, 6) is 0. The smallest absolute Gasteiger partial charge is 0.207 e. The standard InChI is InChI=1S/C9H9ClO2S2/c1-2-3-7-4-5-9(8(13)6-7)14(10,11)12/h2,4-5H,1,3,6H2. The first-order valence-electron chi connectivity index (χ1n) is 3.93. The fraction of sp³-hybridized carbons (Fsp3) is 0.222. The van der Waals surface area contributed by atoms with E-state index in [4.69, 9.17) is 22.9 Å². The predicted molar refractivity (Wildman–Crippen MR) is 63.0 cm³/mol. The maximum absolute atomic E-state index is 11.0. The lowest BCUT2D eigenvalue weighted by Gasteiger charge is -2.12. The molecule has 14 heavy (non-hydrogen) atoms. The van der Waals surface area contributed by atoms with Gasteiger partial charge in [0.2, 0.25) is 0 Å². The molecule has 0 aromatic heterocycles. The molecule has 0 aliphatic heterocycles. The fourth-order valence-electron chi connectivity index (χ4n) is 1.18. The van der Waals surface area contributed by atoms with Crippen LogP contribution in [0, 0.1) is 0 Å². The van der Waals surface area contributed by atoms with E-state index in [1.165, 1.54) is 6.08 Å². The summed E-state index contributed by atoms with van der Waals surface area (Å²) >= 11 is 4.96. The third-order valence-electron chi connectivity index (χ3n) is 1.80. The molecule has 1 aliphatic rings. The van der Waals surface area contributed by atoms with Gasteiger partial charge in [-0.1, -0.05) is 29.9 Å². The SMILES string of the molecule is C=CCC1=CC=C(S(=O)(=O)Cl)C(=S)C1. The second kappa shape index (κ2) is 4.38. The van der Waals surface area contributed by atoms with E-state index in [0.717, 1.165) is 5.57 Å². The highest BCUT2D eigenvalue weighted by atomic mass is 35.7. The van der Waals surface area contributed by atoms with Crippen LogP contribution in [0.3, 0.4) is 0 Å². The van der Waals surface area contributed by atoms with Gasteiger partial charge in [0.25, 0.3) is 9.05 Å². The molecule has 2 nitrogen and oxygen atoms in total. The Hall–Kier alpha value is -0.450. The number of halogens is 1. The van der Waals surface area contributed by atoms with Crippen LogP contribution in [0.2, 0.25) is 0 Å². The van der Waals surface area contributed by atoms with Crippen molar-refractivity contribution in [1.82, 2.24) is 0 Å². The van der Waals surface area contributed by atoms with Crippen LogP contribution >= 0.6 is 22.9 Å². The highest BCUT2D eigenvalue weighted by Gasteiger charge is 2.21. The molecule has 0 amide bonds. The molecule has 1 rings (SSSR count). The van der Waals surface area contributed by atoms with Crippen LogP contribution in [0.4, 0.5) is 0 Å². The molecule has 0 heterocycles. The molecular weight excluding hydrogens is 240 g/mol. The van der Waals surface area contributed by atoms with Crippen molar-refractivity contribution in [3.63, 3.8) is 0 Å². The molecule has 0 saturated carbocycles. The zero-order valence-corrected chi connectivity index (χ0v) is 9.75. The summed E-state index contributed by atoms with van der Waals surface area (Å²) in [5, 5.41) is 0. The summed E-state index contributed by atoms with van der Waals surface area (Å²) < 4.78 is 22.0. The zero-order chi connectivity index (χ0) is 10.8. The van der Waals surface area contributed by atoms with Gasteiger partial charge in [-0.25, -0.2) is 8.42 Å². The maximum atomic E-state index is 11.0. The predicted octanol–water partition coefficient (Wildman–Crippen LogP) is 2.72. The monoisotopic (exact) mass is 248 g/mol. The average molecular weight is 249 g/mol. The second-order valence-electron chi connectivity index (χ2n) is 2.89. The lowest BCUT2D eigenvalue weighted by Crippen LogP contribution is -2.10. The van der Waals surface area contributed by atoms with Crippen LogP contribution in [0.5, 0.6) is 0 Å². The summed E-state index contributed by atoms with van der Waals surface area (Å²) in [4.78, 5) is 0.418. The van der Waals surface area contributed by atoms with Crippen LogP contribution in [0.15, 0.2) is 35.3 Å². The molecule has 0 unspecified atom stereocenters. The van der Waals surface area contributed by atoms with Gasteiger partial charge in [0.05, 0.1) is 4.91 Å². The lowest BCUT2D eigenvalue weighted by atomic mass is 10.0. The van der Waals surface area contributed by atoms with Crippen LogP contribution in [0.25, 0.3) is 0 Å². The van der Waals surface area contributed by atoms with Crippen molar-refractivity contribution in [2.24, 2.45) is 0 Å². The van der Waals surface area contributed by atoms with Gasteiger partial charge in [0.1, 0.15) is 0 Å².